The van der Waals surface area contributed by atoms with E-state index in [9.17, 15) is 97.0 Å². The highest BCUT2D eigenvalue weighted by atomic mass is 16.8. The lowest BCUT2D eigenvalue weighted by atomic mass is 9.40. The third kappa shape index (κ3) is 12.6. The lowest BCUT2D eigenvalue weighted by Gasteiger charge is -2.64. The molecule has 0 radical (unpaired) electrons. The van der Waals surface area contributed by atoms with Crippen molar-refractivity contribution in [2.45, 2.75) is 262 Å². The Kier molecular flexibility index (Phi) is 21.9. The highest BCUT2D eigenvalue weighted by molar-refractivity contribution is 5.77. The number of hydrogen-bond donors (Lipinski definition) is 19. The Balaban J connectivity index is 0.928. The molecule has 0 aromatic carbocycles. The summed E-state index contributed by atoms with van der Waals surface area (Å²) >= 11 is 0. The second-order valence-electron chi connectivity index (χ2n) is 26.5. The normalized spacial score (nSPS) is 53.3. The van der Waals surface area contributed by atoms with Gasteiger partial charge in [0, 0.05) is 0 Å². The highest BCUT2D eigenvalue weighted by Crippen LogP contribution is 2.72. The van der Waals surface area contributed by atoms with Crippen LogP contribution < -0.4 is 0 Å². The lowest BCUT2D eigenvalue weighted by Crippen LogP contribution is -2.68. The molecule has 6 heterocycles. The average molecular weight is 1320 g/mol. The minimum Gasteiger partial charge on any atom is -0.438 e. The summed E-state index contributed by atoms with van der Waals surface area (Å²) in [6.45, 7) is 0.409. The summed E-state index contributed by atoms with van der Waals surface area (Å²) in [4.78, 5) is 15.4. The molecule has 19 N–H and O–H groups in total. The van der Waals surface area contributed by atoms with Crippen LogP contribution in [0.25, 0.3) is 0 Å². The van der Waals surface area contributed by atoms with Gasteiger partial charge in [-0.15, -0.1) is 0 Å². The van der Waals surface area contributed by atoms with Crippen LogP contribution in [-0.4, -0.2) is 332 Å². The van der Waals surface area contributed by atoms with Crippen LogP contribution in [0.3, 0.4) is 0 Å². The fraction of sp³-hybridized carbons (Fsp3) is 0.914. The summed E-state index contributed by atoms with van der Waals surface area (Å²) < 4.78 is 78.6. The van der Waals surface area contributed by atoms with Gasteiger partial charge in [-0.2, -0.15) is 0 Å². The molecule has 6 saturated heterocycles. The molecule has 91 heavy (non-hydrogen) atoms. The van der Waals surface area contributed by atoms with Gasteiger partial charge in [0.05, 0.1) is 50.7 Å². The zero-order valence-electron chi connectivity index (χ0n) is 50.2. The van der Waals surface area contributed by atoms with E-state index in [4.69, 9.17) is 68.0 Å². The van der Waals surface area contributed by atoms with Crippen LogP contribution in [0.2, 0.25) is 0 Å². The monoisotopic (exact) mass is 1310 g/mol. The van der Waals surface area contributed by atoms with Crippen LogP contribution in [0.5, 0.6) is 0 Å². The van der Waals surface area contributed by atoms with Gasteiger partial charge in [-0.3, -0.25) is 4.79 Å². The molecule has 6 aliphatic heterocycles. The maximum absolute atomic E-state index is 15.4. The van der Waals surface area contributed by atoms with Crippen molar-refractivity contribution in [3.63, 3.8) is 0 Å². The third-order valence-corrected chi connectivity index (χ3v) is 21.4. The van der Waals surface area contributed by atoms with Crippen LogP contribution in [0.1, 0.15) is 72.1 Å². The number of hydrogen-bond acceptors (Lipinski definition) is 33. The molecule has 9 fully saturated rings. The van der Waals surface area contributed by atoms with Crippen molar-refractivity contribution >= 4 is 5.97 Å². The molecule has 10 aliphatic rings. The first-order valence-electron chi connectivity index (χ1n) is 30.9. The van der Waals surface area contributed by atoms with Crippen molar-refractivity contribution in [3.05, 3.63) is 11.6 Å². The quantitative estimate of drug-likeness (QED) is 0.0247. The Hall–Kier alpha value is -2.63. The van der Waals surface area contributed by atoms with E-state index < -0.39 is 258 Å². The summed E-state index contributed by atoms with van der Waals surface area (Å²) in [6, 6.07) is 0. The molecule has 0 amide bonds. The van der Waals surface area contributed by atoms with E-state index in [-0.39, 0.29) is 18.8 Å². The molecule has 0 aromatic rings. The number of aliphatic hydroxyl groups excluding tert-OH is 19. The molecule has 36 unspecified atom stereocenters. The van der Waals surface area contributed by atoms with Gasteiger partial charge in [-0.05, 0) is 87.0 Å². The van der Waals surface area contributed by atoms with Crippen molar-refractivity contribution in [2.75, 3.05) is 39.6 Å². The number of carbonyl (C=O) groups excluding carboxylic acids is 1. The number of aliphatic hydroxyl groups is 19. The Morgan fingerprint density at radius 1 is 0.473 bits per heavy atom. The van der Waals surface area contributed by atoms with Gasteiger partial charge < -0.3 is 159 Å². The Labute approximate surface area is 522 Å². The van der Waals surface area contributed by atoms with Crippen molar-refractivity contribution in [2.24, 2.45) is 28.1 Å². The predicted octanol–water partition coefficient (Wildman–Crippen LogP) is -8.85. The maximum Gasteiger partial charge on any atom is 0.314 e. The molecule has 0 aromatic heterocycles. The number of rotatable bonds is 19. The molecule has 2 bridgehead atoms. The summed E-state index contributed by atoms with van der Waals surface area (Å²) in [5, 5.41) is 205. The molecule has 10 rings (SSSR count). The Morgan fingerprint density at radius 2 is 0.857 bits per heavy atom. The van der Waals surface area contributed by atoms with Crippen molar-refractivity contribution in [1.82, 2.24) is 0 Å². The molecule has 4 aliphatic carbocycles. The van der Waals surface area contributed by atoms with E-state index in [2.05, 4.69) is 13.0 Å². The van der Waals surface area contributed by atoms with Crippen LogP contribution in [0, 0.1) is 40.6 Å². The van der Waals surface area contributed by atoms with E-state index in [1.807, 2.05) is 13.0 Å². The van der Waals surface area contributed by atoms with Gasteiger partial charge in [-0.25, -0.2) is 0 Å². The summed E-state index contributed by atoms with van der Waals surface area (Å²) in [7, 11) is 0. The van der Waals surface area contributed by atoms with Crippen molar-refractivity contribution in [3.8, 4) is 12.5 Å². The number of fused-ring (bicyclic) bond motifs is 3. The highest BCUT2D eigenvalue weighted by Gasteiger charge is 2.69. The van der Waals surface area contributed by atoms with Crippen molar-refractivity contribution < 1.29 is 163 Å². The number of ether oxygens (including phenoxy) is 13. The van der Waals surface area contributed by atoms with Gasteiger partial charge in [-0.1, -0.05) is 25.8 Å². The SMILES string of the molecule is C#COC1C(O)C(CO)OC(OC2C(OC34CCC5C(C=C3C)(CCC3C(C)(C(=O)OC6OC(CO)C(O)C(OC7OC(CO)C(O)C(O)C7O)C6OC6OC(CO)C(O)C(O)C6O)CCCC53C)C4)OC(CO)C(O)C2OC2OC(CO)C(O)C(O)C2O)C1O. The molecule has 33 nitrogen and oxygen atoms in total. The minimum atomic E-state index is -2.08. The first-order valence-corrected chi connectivity index (χ1v) is 30.9. The standard InChI is InChI=1S/C58H90O33/c1-5-79-43-33(68)25(17-62)83-51(42(43)77)89-47-45(87-49-40(75)37(72)31(66)23(15-60)81-49)35(70)27(19-64)85-53(47)91-58-12-8-29-55(3)9-6-10-56(4,28(55)7-11-57(29,20-58)13-21(58)2)54(78)90-52-46(88-50-41(76)38(73)32(67)24(16-61)82-50)44(34(69)26(18-63)84-52)86-48-39(74)36(71)30(65)22(14-59)80-48/h1,13,22-53,59-77H,6-12,14-20H2,2-4H3. The second-order valence-corrected chi connectivity index (χ2v) is 26.5. The summed E-state index contributed by atoms with van der Waals surface area (Å²) in [6.07, 6.45) is -42.1. The Morgan fingerprint density at radius 3 is 1.31 bits per heavy atom. The first kappa shape index (κ1) is 71.2. The lowest BCUT2D eigenvalue weighted by molar-refractivity contribution is -0.400. The van der Waals surface area contributed by atoms with Crippen LogP contribution in [0.15, 0.2) is 11.6 Å². The van der Waals surface area contributed by atoms with Gasteiger partial charge >= 0.3 is 5.97 Å². The van der Waals surface area contributed by atoms with Gasteiger partial charge in [0.1, 0.15) is 140 Å². The fourth-order valence-corrected chi connectivity index (χ4v) is 16.5. The largest absolute Gasteiger partial charge is 0.438 e. The zero-order valence-corrected chi connectivity index (χ0v) is 50.2. The van der Waals surface area contributed by atoms with E-state index in [1.54, 1.807) is 6.92 Å². The van der Waals surface area contributed by atoms with Gasteiger partial charge in [0.25, 0.3) is 0 Å². The van der Waals surface area contributed by atoms with E-state index in [1.165, 1.54) is 0 Å². The topological polar surface area (TPSA) is 521 Å². The molecule has 36 atom stereocenters. The number of esters is 1. The Bertz CT molecular complexity index is 2530. The van der Waals surface area contributed by atoms with Crippen LogP contribution in [0.4, 0.5) is 0 Å². The number of terminal acetylenes is 1. The minimum absolute atomic E-state index is 0.173. The summed E-state index contributed by atoms with van der Waals surface area (Å²) in [5.41, 5.74) is -3.13. The molecular weight excluding hydrogens is 1220 g/mol. The smallest absolute Gasteiger partial charge is 0.314 e. The molecule has 1 spiro atoms. The molecule has 33 heteroatoms. The van der Waals surface area contributed by atoms with Crippen LogP contribution >= 0.6 is 0 Å². The van der Waals surface area contributed by atoms with Gasteiger partial charge in [0.15, 0.2) is 43.7 Å². The fourth-order valence-electron chi connectivity index (χ4n) is 16.5. The maximum atomic E-state index is 15.4. The number of allylic oxidation sites excluding steroid dienone is 1. The van der Waals surface area contributed by atoms with Gasteiger partial charge in [0.2, 0.25) is 6.29 Å². The zero-order chi connectivity index (χ0) is 66.1. The van der Waals surface area contributed by atoms with E-state index in [0.29, 0.717) is 38.5 Å². The molecular formula is C58H90O33. The van der Waals surface area contributed by atoms with Crippen molar-refractivity contribution in [1.29, 1.82) is 0 Å². The van der Waals surface area contributed by atoms with E-state index in [0.717, 1.165) is 5.57 Å². The van der Waals surface area contributed by atoms with Crippen LogP contribution in [-0.2, 0) is 66.4 Å². The van der Waals surface area contributed by atoms with E-state index >= 15 is 4.79 Å². The summed E-state index contributed by atoms with van der Waals surface area (Å²) in [5.74, 6) is -1.46. The molecule has 3 saturated carbocycles. The predicted molar refractivity (Wildman–Crippen MR) is 292 cm³/mol. The molecule has 520 valence electrons. The average Bonchev–Trinajstić information content (AvgIpc) is 1.62. The third-order valence-electron chi connectivity index (χ3n) is 21.4. The number of carbonyl (C=O) groups is 1. The second kappa shape index (κ2) is 28.1. The first-order chi connectivity index (χ1) is 43.1.